The van der Waals surface area contributed by atoms with E-state index in [-0.39, 0.29) is 5.75 Å². The van der Waals surface area contributed by atoms with Crippen LogP contribution >= 0.6 is 22.6 Å². The molecule has 14 heavy (non-hydrogen) atoms. The first-order chi connectivity index (χ1) is 6.59. The third-order valence-corrected chi connectivity index (χ3v) is 3.92. The first kappa shape index (κ1) is 11.8. The molecular weight excluding hydrogens is 313 g/mol. The van der Waals surface area contributed by atoms with Gasteiger partial charge in [-0.05, 0) is 18.6 Å². The molecule has 0 aliphatic heterocycles. The molecule has 5 heteroatoms. The molecule has 0 bridgehead atoms. The van der Waals surface area contributed by atoms with Crippen LogP contribution in [0.5, 0.6) is 0 Å². The fourth-order valence-electron chi connectivity index (χ4n) is 0.976. The molecule has 0 aliphatic rings. The molecular formula is C9H12INO2S. The average molecular weight is 325 g/mol. The zero-order chi connectivity index (χ0) is 10.6. The summed E-state index contributed by atoms with van der Waals surface area (Å²) in [6.07, 6.45) is 0. The number of benzene rings is 1. The number of hydrogen-bond donors (Lipinski definition) is 1. The first-order valence-electron chi connectivity index (χ1n) is 4.23. The summed E-state index contributed by atoms with van der Waals surface area (Å²) in [5.41, 5.74) is 1.69. The van der Waals surface area contributed by atoms with E-state index < -0.39 is 10.0 Å². The van der Waals surface area contributed by atoms with E-state index in [1.54, 1.807) is 13.0 Å². The molecule has 0 fully saturated rings. The lowest BCUT2D eigenvalue weighted by Crippen LogP contribution is -2.15. The Morgan fingerprint density at radius 3 is 2.57 bits per heavy atom. The van der Waals surface area contributed by atoms with Crippen LogP contribution in [0.25, 0.3) is 0 Å². The van der Waals surface area contributed by atoms with Crippen molar-refractivity contribution in [2.45, 2.75) is 11.4 Å². The Morgan fingerprint density at radius 2 is 2.00 bits per heavy atom. The van der Waals surface area contributed by atoms with Crippen molar-refractivity contribution in [2.24, 2.45) is 0 Å². The summed E-state index contributed by atoms with van der Waals surface area (Å²) in [5.74, 6) is 0.0998. The van der Waals surface area contributed by atoms with Crippen LogP contribution in [-0.2, 0) is 14.5 Å². The molecule has 0 saturated carbocycles. The van der Waals surface area contributed by atoms with Gasteiger partial charge in [-0.1, -0.05) is 40.8 Å². The van der Waals surface area contributed by atoms with Crippen LogP contribution in [-0.4, -0.2) is 14.2 Å². The van der Waals surface area contributed by atoms with Crippen molar-refractivity contribution in [1.29, 1.82) is 0 Å². The summed E-state index contributed by atoms with van der Waals surface area (Å²) >= 11 is 2.21. The number of hydrogen-bond acceptors (Lipinski definition) is 2. The van der Waals surface area contributed by atoms with Crippen LogP contribution in [0.1, 0.15) is 12.5 Å². The lowest BCUT2D eigenvalue weighted by Gasteiger charge is -2.09. The van der Waals surface area contributed by atoms with E-state index >= 15 is 0 Å². The van der Waals surface area contributed by atoms with Gasteiger partial charge >= 0.3 is 0 Å². The Kier molecular flexibility index (Phi) is 4.18. The quantitative estimate of drug-likeness (QED) is 0.682. The maximum Gasteiger partial charge on any atom is 0.232 e. The van der Waals surface area contributed by atoms with E-state index in [1.807, 2.05) is 18.2 Å². The number of sulfonamides is 1. The van der Waals surface area contributed by atoms with Gasteiger partial charge in [0.1, 0.15) is 0 Å². The highest BCUT2D eigenvalue weighted by atomic mass is 127. The van der Waals surface area contributed by atoms with Gasteiger partial charge in [-0.3, -0.25) is 4.72 Å². The third kappa shape index (κ3) is 3.13. The van der Waals surface area contributed by atoms with Crippen LogP contribution < -0.4 is 4.72 Å². The van der Waals surface area contributed by atoms with E-state index in [4.69, 9.17) is 0 Å². The van der Waals surface area contributed by atoms with Gasteiger partial charge in [0.05, 0.1) is 11.4 Å². The third-order valence-electron chi connectivity index (χ3n) is 1.81. The van der Waals surface area contributed by atoms with Crippen LogP contribution in [0.4, 0.5) is 5.69 Å². The zero-order valence-corrected chi connectivity index (χ0v) is 10.8. The van der Waals surface area contributed by atoms with Gasteiger partial charge in [0.2, 0.25) is 10.0 Å². The van der Waals surface area contributed by atoms with Crippen molar-refractivity contribution < 1.29 is 8.42 Å². The van der Waals surface area contributed by atoms with Gasteiger partial charge in [-0.25, -0.2) is 8.42 Å². The first-order valence-corrected chi connectivity index (χ1v) is 7.41. The summed E-state index contributed by atoms with van der Waals surface area (Å²) in [4.78, 5) is 0. The normalized spacial score (nSPS) is 11.3. The van der Waals surface area contributed by atoms with Gasteiger partial charge in [0.15, 0.2) is 0 Å². The predicted molar refractivity (Wildman–Crippen MR) is 67.2 cm³/mol. The summed E-state index contributed by atoms with van der Waals surface area (Å²) in [5, 5.41) is 0. The number of alkyl halides is 1. The van der Waals surface area contributed by atoms with E-state index in [0.717, 1.165) is 9.99 Å². The van der Waals surface area contributed by atoms with Gasteiger partial charge in [-0.15, -0.1) is 0 Å². The monoisotopic (exact) mass is 325 g/mol. The number of anilines is 1. The largest absolute Gasteiger partial charge is 0.283 e. The van der Waals surface area contributed by atoms with E-state index in [1.165, 1.54) is 0 Å². The Labute approximate surface area is 98.1 Å². The lowest BCUT2D eigenvalue weighted by atomic mass is 10.2. The number of para-hydroxylation sites is 1. The molecule has 0 atom stereocenters. The Morgan fingerprint density at radius 1 is 1.36 bits per heavy atom. The van der Waals surface area contributed by atoms with Gasteiger partial charge < -0.3 is 0 Å². The fraction of sp³-hybridized carbons (Fsp3) is 0.333. The fourth-order valence-corrected chi connectivity index (χ4v) is 2.32. The van der Waals surface area contributed by atoms with Crippen molar-refractivity contribution in [2.75, 3.05) is 10.5 Å². The molecule has 0 saturated heterocycles. The zero-order valence-electron chi connectivity index (χ0n) is 7.83. The minimum atomic E-state index is -3.16. The van der Waals surface area contributed by atoms with E-state index in [2.05, 4.69) is 27.3 Å². The highest BCUT2D eigenvalue weighted by Crippen LogP contribution is 2.19. The topological polar surface area (TPSA) is 46.2 Å². The molecule has 78 valence electrons. The maximum atomic E-state index is 11.3. The van der Waals surface area contributed by atoms with E-state index in [9.17, 15) is 8.42 Å². The molecule has 0 heterocycles. The molecule has 1 rings (SSSR count). The predicted octanol–water partition coefficient (Wildman–Crippen LogP) is 2.38. The van der Waals surface area contributed by atoms with Gasteiger partial charge in [0, 0.05) is 4.43 Å². The Balaban J connectivity index is 2.97. The molecule has 1 aromatic rings. The minimum Gasteiger partial charge on any atom is -0.283 e. The highest BCUT2D eigenvalue weighted by Gasteiger charge is 2.08. The van der Waals surface area contributed by atoms with Crippen molar-refractivity contribution in [1.82, 2.24) is 0 Å². The summed E-state index contributed by atoms with van der Waals surface area (Å²) in [7, 11) is -3.16. The Bertz CT molecular complexity index is 403. The maximum absolute atomic E-state index is 11.3. The molecule has 0 spiro atoms. The van der Waals surface area contributed by atoms with Gasteiger partial charge in [0.25, 0.3) is 0 Å². The standard InChI is InChI=1S/C9H12INO2S/c1-2-14(12,13)11-9-6-4-3-5-8(9)7-10/h3-6,11H,2,7H2,1H3. The second kappa shape index (κ2) is 4.97. The van der Waals surface area contributed by atoms with Crippen LogP contribution in [0.3, 0.4) is 0 Å². The molecule has 0 unspecified atom stereocenters. The van der Waals surface area contributed by atoms with Crippen molar-refractivity contribution in [3.05, 3.63) is 29.8 Å². The van der Waals surface area contributed by atoms with Crippen molar-refractivity contribution in [3.63, 3.8) is 0 Å². The summed E-state index contributed by atoms with van der Waals surface area (Å²) in [6, 6.07) is 7.42. The molecule has 1 aromatic carbocycles. The molecule has 0 radical (unpaired) electrons. The van der Waals surface area contributed by atoms with Crippen LogP contribution in [0.15, 0.2) is 24.3 Å². The number of nitrogens with one attached hydrogen (secondary N) is 1. The van der Waals surface area contributed by atoms with Crippen molar-refractivity contribution in [3.8, 4) is 0 Å². The van der Waals surface area contributed by atoms with E-state index in [0.29, 0.717) is 5.69 Å². The number of halogens is 1. The van der Waals surface area contributed by atoms with Crippen LogP contribution in [0, 0.1) is 0 Å². The smallest absolute Gasteiger partial charge is 0.232 e. The molecule has 3 nitrogen and oxygen atoms in total. The lowest BCUT2D eigenvalue weighted by molar-refractivity contribution is 0.602. The summed E-state index contributed by atoms with van der Waals surface area (Å²) < 4.78 is 26.0. The number of rotatable bonds is 4. The molecule has 1 N–H and O–H groups in total. The molecule has 0 aliphatic carbocycles. The van der Waals surface area contributed by atoms with Crippen LogP contribution in [0.2, 0.25) is 0 Å². The highest BCUT2D eigenvalue weighted by molar-refractivity contribution is 14.1. The summed E-state index contributed by atoms with van der Waals surface area (Å²) in [6.45, 7) is 1.62. The minimum absolute atomic E-state index is 0.0998. The molecule has 0 amide bonds. The Hall–Kier alpha value is -0.300. The average Bonchev–Trinajstić information content (AvgIpc) is 2.18. The van der Waals surface area contributed by atoms with Crippen molar-refractivity contribution >= 4 is 38.3 Å². The van der Waals surface area contributed by atoms with Gasteiger partial charge in [-0.2, -0.15) is 0 Å². The second-order valence-corrected chi connectivity index (χ2v) is 5.57. The molecule has 0 aromatic heterocycles. The second-order valence-electron chi connectivity index (χ2n) is 2.80. The SMILES string of the molecule is CCS(=O)(=O)Nc1ccccc1CI.